The number of halogens is 2. The van der Waals surface area contributed by atoms with Crippen molar-refractivity contribution in [2.45, 2.75) is 13.3 Å². The summed E-state index contributed by atoms with van der Waals surface area (Å²) in [5.41, 5.74) is 0.844. The Morgan fingerprint density at radius 1 is 1.56 bits per heavy atom. The Labute approximate surface area is 122 Å². The van der Waals surface area contributed by atoms with Crippen LogP contribution in [-0.2, 0) is 6.42 Å². The van der Waals surface area contributed by atoms with Crippen LogP contribution >= 0.6 is 38.9 Å². The molecule has 1 heterocycles. The van der Waals surface area contributed by atoms with Gasteiger partial charge < -0.3 is 5.11 Å². The lowest BCUT2D eigenvalue weighted by molar-refractivity contribution is 0.0692. The highest BCUT2D eigenvalue weighted by Crippen LogP contribution is 2.37. The molecule has 0 bridgehead atoms. The molecular formula is C12H9BrClNO2S. The van der Waals surface area contributed by atoms with E-state index >= 15 is 0 Å². The van der Waals surface area contributed by atoms with Crippen molar-refractivity contribution in [2.24, 2.45) is 0 Å². The van der Waals surface area contributed by atoms with Gasteiger partial charge in [-0.1, -0.05) is 34.5 Å². The van der Waals surface area contributed by atoms with Crippen molar-refractivity contribution in [3.63, 3.8) is 0 Å². The van der Waals surface area contributed by atoms with E-state index in [1.54, 1.807) is 18.2 Å². The highest BCUT2D eigenvalue weighted by molar-refractivity contribution is 9.10. The van der Waals surface area contributed by atoms with Crippen LogP contribution in [0.25, 0.3) is 10.4 Å². The third-order valence-corrected chi connectivity index (χ3v) is 4.51. The summed E-state index contributed by atoms with van der Waals surface area (Å²) < 4.78 is 0.806. The van der Waals surface area contributed by atoms with Gasteiger partial charge in [-0.15, -0.1) is 11.3 Å². The van der Waals surface area contributed by atoms with Gasteiger partial charge in [-0.25, -0.2) is 9.78 Å². The van der Waals surface area contributed by atoms with Crippen LogP contribution in [0.2, 0.25) is 5.02 Å². The molecule has 2 aromatic rings. The molecular weight excluding hydrogens is 338 g/mol. The lowest BCUT2D eigenvalue weighted by atomic mass is 10.1. The predicted molar refractivity (Wildman–Crippen MR) is 76.6 cm³/mol. The molecule has 0 amide bonds. The Balaban J connectivity index is 2.65. The molecule has 94 valence electrons. The highest BCUT2D eigenvalue weighted by atomic mass is 79.9. The minimum absolute atomic E-state index is 0.0832. The van der Waals surface area contributed by atoms with Gasteiger partial charge in [0.25, 0.3) is 0 Å². The second-order valence-corrected chi connectivity index (χ2v) is 5.94. The van der Waals surface area contributed by atoms with Gasteiger partial charge >= 0.3 is 5.97 Å². The maximum Gasteiger partial charge on any atom is 0.356 e. The second kappa shape index (κ2) is 5.38. The first kappa shape index (κ1) is 13.5. The number of aromatic nitrogens is 1. The summed E-state index contributed by atoms with van der Waals surface area (Å²) in [5.74, 6) is -1.02. The first-order valence-corrected chi connectivity index (χ1v) is 7.20. The molecule has 0 unspecified atom stereocenters. The average Bonchev–Trinajstić information content (AvgIpc) is 2.76. The molecule has 1 N–H and O–H groups in total. The fraction of sp³-hybridized carbons (Fsp3) is 0.167. The van der Waals surface area contributed by atoms with Gasteiger partial charge in [-0.05, 0) is 24.6 Å². The standard InChI is InChI=1S/C12H9BrClNO2S/c1-2-9-15-10(12(16)17)11(18-9)7-5-6(14)3-4-8(7)13/h3-5H,2H2,1H3,(H,16,17). The fourth-order valence-electron chi connectivity index (χ4n) is 1.51. The van der Waals surface area contributed by atoms with Gasteiger partial charge in [0, 0.05) is 15.1 Å². The van der Waals surface area contributed by atoms with Crippen LogP contribution in [0.3, 0.4) is 0 Å². The molecule has 18 heavy (non-hydrogen) atoms. The molecule has 0 fully saturated rings. The van der Waals surface area contributed by atoms with E-state index < -0.39 is 5.97 Å². The lowest BCUT2D eigenvalue weighted by Crippen LogP contribution is -1.99. The number of carboxylic acids is 1. The topological polar surface area (TPSA) is 50.2 Å². The molecule has 1 aromatic carbocycles. The lowest BCUT2D eigenvalue weighted by Gasteiger charge is -2.03. The van der Waals surface area contributed by atoms with Crippen LogP contribution in [0.5, 0.6) is 0 Å². The molecule has 0 radical (unpaired) electrons. The number of aryl methyl sites for hydroxylation is 1. The Kier molecular flexibility index (Phi) is 4.04. The molecule has 0 saturated heterocycles. The maximum atomic E-state index is 11.2. The zero-order chi connectivity index (χ0) is 13.3. The van der Waals surface area contributed by atoms with Gasteiger partial charge in [0.15, 0.2) is 5.69 Å². The minimum Gasteiger partial charge on any atom is -0.476 e. The van der Waals surface area contributed by atoms with Crippen LogP contribution in [0.4, 0.5) is 0 Å². The zero-order valence-corrected chi connectivity index (χ0v) is 12.6. The van der Waals surface area contributed by atoms with Crippen LogP contribution < -0.4 is 0 Å². The highest BCUT2D eigenvalue weighted by Gasteiger charge is 2.20. The largest absolute Gasteiger partial charge is 0.476 e. The summed E-state index contributed by atoms with van der Waals surface area (Å²) in [5, 5.41) is 10.6. The third-order valence-electron chi connectivity index (χ3n) is 2.35. The van der Waals surface area contributed by atoms with Gasteiger partial charge in [-0.3, -0.25) is 0 Å². The molecule has 0 saturated carbocycles. The number of carbonyl (C=O) groups is 1. The van der Waals surface area contributed by atoms with Crippen molar-refractivity contribution in [1.29, 1.82) is 0 Å². The normalized spacial score (nSPS) is 10.6. The summed E-state index contributed by atoms with van der Waals surface area (Å²) >= 11 is 10.7. The van der Waals surface area contributed by atoms with E-state index in [9.17, 15) is 9.90 Å². The maximum absolute atomic E-state index is 11.2. The predicted octanol–water partition coefficient (Wildman–Crippen LogP) is 4.49. The van der Waals surface area contributed by atoms with Crippen molar-refractivity contribution in [3.8, 4) is 10.4 Å². The van der Waals surface area contributed by atoms with Crippen LogP contribution in [0.15, 0.2) is 22.7 Å². The number of nitrogens with zero attached hydrogens (tertiary/aromatic N) is 1. The summed E-state index contributed by atoms with van der Waals surface area (Å²) in [7, 11) is 0. The first-order valence-electron chi connectivity index (χ1n) is 5.21. The number of carboxylic acid groups (broad SMARTS) is 1. The third kappa shape index (κ3) is 2.58. The molecule has 6 heteroatoms. The SMILES string of the molecule is CCc1nc(C(=O)O)c(-c2cc(Cl)ccc2Br)s1. The van der Waals surface area contributed by atoms with E-state index in [2.05, 4.69) is 20.9 Å². The quantitative estimate of drug-likeness (QED) is 0.891. The van der Waals surface area contributed by atoms with Gasteiger partial charge in [0.2, 0.25) is 0 Å². The molecule has 0 atom stereocenters. The first-order chi connectivity index (χ1) is 8.52. The molecule has 0 aliphatic carbocycles. The average molecular weight is 347 g/mol. The Morgan fingerprint density at radius 2 is 2.28 bits per heavy atom. The summed E-state index contributed by atoms with van der Waals surface area (Å²) in [6.07, 6.45) is 0.711. The number of benzene rings is 1. The summed E-state index contributed by atoms with van der Waals surface area (Å²) in [6, 6.07) is 5.29. The van der Waals surface area contributed by atoms with Crippen LogP contribution in [-0.4, -0.2) is 16.1 Å². The Bertz CT molecular complexity index is 612. The molecule has 0 spiro atoms. The molecule has 0 aliphatic rings. The van der Waals surface area contributed by atoms with E-state index in [1.807, 2.05) is 6.92 Å². The van der Waals surface area contributed by atoms with E-state index in [4.69, 9.17) is 11.6 Å². The van der Waals surface area contributed by atoms with Crippen LogP contribution in [0, 0.1) is 0 Å². The number of hydrogen-bond donors (Lipinski definition) is 1. The zero-order valence-electron chi connectivity index (χ0n) is 9.41. The second-order valence-electron chi connectivity index (χ2n) is 3.57. The van der Waals surface area contributed by atoms with Gasteiger partial charge in [0.1, 0.15) is 0 Å². The fourth-order valence-corrected chi connectivity index (χ4v) is 3.29. The molecule has 0 aliphatic heterocycles. The number of aromatic carboxylic acids is 1. The van der Waals surface area contributed by atoms with Crippen molar-refractivity contribution in [3.05, 3.63) is 38.4 Å². The Hall–Kier alpha value is -0.910. The van der Waals surface area contributed by atoms with E-state index in [-0.39, 0.29) is 5.69 Å². The van der Waals surface area contributed by atoms with E-state index in [1.165, 1.54) is 11.3 Å². The van der Waals surface area contributed by atoms with E-state index in [0.29, 0.717) is 16.3 Å². The van der Waals surface area contributed by atoms with Crippen LogP contribution in [0.1, 0.15) is 22.4 Å². The monoisotopic (exact) mass is 345 g/mol. The molecule has 1 aromatic heterocycles. The minimum atomic E-state index is -1.02. The molecule has 2 rings (SSSR count). The number of thiazole rings is 1. The number of hydrogen-bond acceptors (Lipinski definition) is 3. The smallest absolute Gasteiger partial charge is 0.356 e. The summed E-state index contributed by atoms with van der Waals surface area (Å²) in [6.45, 7) is 1.95. The van der Waals surface area contributed by atoms with Gasteiger partial charge in [-0.2, -0.15) is 0 Å². The van der Waals surface area contributed by atoms with Gasteiger partial charge in [0.05, 0.1) is 9.88 Å². The summed E-state index contributed by atoms with van der Waals surface area (Å²) in [4.78, 5) is 16.0. The van der Waals surface area contributed by atoms with Crippen molar-refractivity contribution in [2.75, 3.05) is 0 Å². The Morgan fingerprint density at radius 3 is 2.89 bits per heavy atom. The van der Waals surface area contributed by atoms with Crippen molar-refractivity contribution < 1.29 is 9.90 Å². The van der Waals surface area contributed by atoms with E-state index in [0.717, 1.165) is 15.0 Å². The van der Waals surface area contributed by atoms with Crippen molar-refractivity contribution >= 4 is 44.8 Å². The molecule has 3 nitrogen and oxygen atoms in total. The number of rotatable bonds is 3. The van der Waals surface area contributed by atoms with Crippen molar-refractivity contribution in [1.82, 2.24) is 4.98 Å².